The monoisotopic (exact) mass is 212 g/mol. The molecule has 13 heavy (non-hydrogen) atoms. The molecular formula is C10H12OS2. The first-order chi connectivity index (χ1) is 6.34. The highest BCUT2D eigenvalue weighted by molar-refractivity contribution is 8.01. The van der Waals surface area contributed by atoms with Crippen LogP contribution in [0.1, 0.15) is 25.7 Å². The van der Waals surface area contributed by atoms with E-state index in [9.17, 15) is 4.79 Å². The molecule has 0 atom stereocenters. The smallest absolute Gasteiger partial charge is 0.132 e. The average Bonchev–Trinajstić information content (AvgIpc) is 2.62. The summed E-state index contributed by atoms with van der Waals surface area (Å²) in [4.78, 5) is 11.0. The molecule has 3 heteroatoms. The number of hydrogen-bond acceptors (Lipinski definition) is 3. The summed E-state index contributed by atoms with van der Waals surface area (Å²) >= 11 is 3.73. The number of ketones is 1. The first-order valence-corrected chi connectivity index (χ1v) is 6.32. The van der Waals surface area contributed by atoms with E-state index in [-0.39, 0.29) is 0 Å². The molecule has 1 nitrogen and oxygen atoms in total. The highest BCUT2D eigenvalue weighted by atomic mass is 32.2. The Morgan fingerprint density at radius 2 is 2.15 bits per heavy atom. The van der Waals surface area contributed by atoms with Crippen LogP contribution in [0.25, 0.3) is 0 Å². The van der Waals surface area contributed by atoms with Gasteiger partial charge in [0.2, 0.25) is 0 Å². The highest BCUT2D eigenvalue weighted by Crippen LogP contribution is 2.34. The molecule has 1 aliphatic carbocycles. The van der Waals surface area contributed by atoms with Crippen molar-refractivity contribution in [3.8, 4) is 0 Å². The van der Waals surface area contributed by atoms with Crippen LogP contribution in [-0.2, 0) is 4.79 Å². The fourth-order valence-electron chi connectivity index (χ4n) is 1.53. The number of carbonyl (C=O) groups is 1. The van der Waals surface area contributed by atoms with Crippen LogP contribution in [0, 0.1) is 0 Å². The third kappa shape index (κ3) is 2.58. The minimum atomic E-state index is 0.447. The summed E-state index contributed by atoms with van der Waals surface area (Å²) in [5.74, 6) is 0.447. The molecular weight excluding hydrogens is 200 g/mol. The van der Waals surface area contributed by atoms with Crippen LogP contribution in [0.15, 0.2) is 21.7 Å². The molecule has 0 aliphatic heterocycles. The van der Waals surface area contributed by atoms with Crippen molar-refractivity contribution in [1.82, 2.24) is 0 Å². The van der Waals surface area contributed by atoms with Gasteiger partial charge in [-0.1, -0.05) is 6.07 Å². The van der Waals surface area contributed by atoms with E-state index in [0.29, 0.717) is 11.0 Å². The van der Waals surface area contributed by atoms with Gasteiger partial charge < -0.3 is 0 Å². The molecule has 70 valence electrons. The second-order valence-electron chi connectivity index (χ2n) is 3.29. The van der Waals surface area contributed by atoms with Crippen molar-refractivity contribution in [1.29, 1.82) is 0 Å². The Morgan fingerprint density at radius 1 is 1.38 bits per heavy atom. The normalized spacial score (nSPS) is 19.2. The fraction of sp³-hybridized carbons (Fsp3) is 0.500. The van der Waals surface area contributed by atoms with Gasteiger partial charge in [-0.2, -0.15) is 0 Å². The molecule has 1 aliphatic rings. The van der Waals surface area contributed by atoms with Crippen LogP contribution < -0.4 is 0 Å². The standard InChI is InChI=1S/C10H12OS2/c11-8-3-5-9(6-4-8)13-10-2-1-7-12-10/h1-2,7,9H,3-6H2. The predicted octanol–water partition coefficient (Wildman–Crippen LogP) is 3.35. The summed E-state index contributed by atoms with van der Waals surface area (Å²) in [5.41, 5.74) is 0. The second kappa shape index (κ2) is 4.29. The molecule has 0 aromatic carbocycles. The highest BCUT2D eigenvalue weighted by Gasteiger charge is 2.19. The van der Waals surface area contributed by atoms with Crippen molar-refractivity contribution in [3.05, 3.63) is 17.5 Å². The van der Waals surface area contributed by atoms with Crippen molar-refractivity contribution in [3.63, 3.8) is 0 Å². The maximum Gasteiger partial charge on any atom is 0.132 e. The molecule has 0 spiro atoms. The van der Waals surface area contributed by atoms with Crippen molar-refractivity contribution < 1.29 is 4.79 Å². The van der Waals surface area contributed by atoms with Crippen molar-refractivity contribution >= 4 is 28.9 Å². The zero-order chi connectivity index (χ0) is 9.10. The van der Waals surface area contributed by atoms with E-state index >= 15 is 0 Å². The van der Waals surface area contributed by atoms with E-state index in [2.05, 4.69) is 17.5 Å². The lowest BCUT2D eigenvalue weighted by atomic mass is 9.99. The maximum atomic E-state index is 11.0. The van der Waals surface area contributed by atoms with Gasteiger partial charge in [-0.05, 0) is 24.3 Å². The molecule has 1 heterocycles. The topological polar surface area (TPSA) is 17.1 Å². The molecule has 0 unspecified atom stereocenters. The lowest BCUT2D eigenvalue weighted by Gasteiger charge is -2.19. The molecule has 0 bridgehead atoms. The van der Waals surface area contributed by atoms with Crippen LogP contribution in [0.4, 0.5) is 0 Å². The summed E-state index contributed by atoms with van der Waals surface area (Å²) in [6.45, 7) is 0. The van der Waals surface area contributed by atoms with Crippen LogP contribution in [0.2, 0.25) is 0 Å². The predicted molar refractivity (Wildman–Crippen MR) is 57.4 cm³/mol. The van der Waals surface area contributed by atoms with Gasteiger partial charge in [-0.3, -0.25) is 4.79 Å². The van der Waals surface area contributed by atoms with Gasteiger partial charge in [-0.25, -0.2) is 0 Å². The Labute approximate surface area is 86.5 Å². The number of rotatable bonds is 2. The van der Waals surface area contributed by atoms with E-state index in [1.54, 1.807) is 11.3 Å². The maximum absolute atomic E-state index is 11.0. The molecule has 1 saturated carbocycles. The minimum Gasteiger partial charge on any atom is -0.300 e. The average molecular weight is 212 g/mol. The summed E-state index contributed by atoms with van der Waals surface area (Å²) < 4.78 is 1.39. The van der Waals surface area contributed by atoms with E-state index in [1.807, 2.05) is 11.8 Å². The Hall–Kier alpha value is -0.280. The van der Waals surface area contributed by atoms with E-state index < -0.39 is 0 Å². The Bertz CT molecular complexity index is 269. The van der Waals surface area contributed by atoms with E-state index in [1.165, 1.54) is 4.21 Å². The lowest BCUT2D eigenvalue weighted by molar-refractivity contribution is -0.120. The van der Waals surface area contributed by atoms with Crippen LogP contribution in [-0.4, -0.2) is 11.0 Å². The second-order valence-corrected chi connectivity index (χ2v) is 5.84. The van der Waals surface area contributed by atoms with Gasteiger partial charge in [0, 0.05) is 18.1 Å². The Kier molecular flexibility index (Phi) is 3.06. The SMILES string of the molecule is O=C1CCC(Sc2cccs2)CC1. The van der Waals surface area contributed by atoms with Crippen LogP contribution in [0.5, 0.6) is 0 Å². The molecule has 0 amide bonds. The zero-order valence-corrected chi connectivity index (χ0v) is 9.00. The molecule has 2 rings (SSSR count). The lowest BCUT2D eigenvalue weighted by Crippen LogP contribution is -2.14. The van der Waals surface area contributed by atoms with Gasteiger partial charge in [0.15, 0.2) is 0 Å². The van der Waals surface area contributed by atoms with Gasteiger partial charge in [-0.15, -0.1) is 23.1 Å². The number of Topliss-reactive ketones (excluding diaryl/α,β-unsaturated/α-hetero) is 1. The molecule has 0 saturated heterocycles. The molecule has 1 fully saturated rings. The van der Waals surface area contributed by atoms with Gasteiger partial charge in [0.25, 0.3) is 0 Å². The summed E-state index contributed by atoms with van der Waals surface area (Å²) in [7, 11) is 0. The zero-order valence-electron chi connectivity index (χ0n) is 7.36. The van der Waals surface area contributed by atoms with Crippen molar-refractivity contribution in [2.45, 2.75) is 35.1 Å². The van der Waals surface area contributed by atoms with Gasteiger partial charge in [0.1, 0.15) is 5.78 Å². The third-order valence-corrected chi connectivity index (χ3v) is 4.68. The third-order valence-electron chi connectivity index (χ3n) is 2.27. The Morgan fingerprint density at radius 3 is 2.77 bits per heavy atom. The number of thiophene rings is 1. The minimum absolute atomic E-state index is 0.447. The summed E-state index contributed by atoms with van der Waals surface area (Å²) in [6, 6.07) is 4.24. The summed E-state index contributed by atoms with van der Waals surface area (Å²) in [6.07, 6.45) is 3.73. The molecule has 0 N–H and O–H groups in total. The quantitative estimate of drug-likeness (QED) is 0.748. The first-order valence-electron chi connectivity index (χ1n) is 4.56. The first kappa shape index (κ1) is 9.28. The number of thioether (sulfide) groups is 1. The van der Waals surface area contributed by atoms with Gasteiger partial charge in [0.05, 0.1) is 4.21 Å². The number of hydrogen-bond donors (Lipinski definition) is 0. The summed E-state index contributed by atoms with van der Waals surface area (Å²) in [5, 5.41) is 2.78. The Balaban J connectivity index is 1.86. The molecule has 0 radical (unpaired) electrons. The van der Waals surface area contributed by atoms with Crippen molar-refractivity contribution in [2.75, 3.05) is 0 Å². The van der Waals surface area contributed by atoms with Gasteiger partial charge >= 0.3 is 0 Å². The molecule has 1 aromatic rings. The van der Waals surface area contributed by atoms with Crippen molar-refractivity contribution in [2.24, 2.45) is 0 Å². The van der Waals surface area contributed by atoms with Crippen LogP contribution >= 0.6 is 23.1 Å². The largest absolute Gasteiger partial charge is 0.300 e. The number of carbonyl (C=O) groups excluding carboxylic acids is 1. The fourth-order valence-corrected chi connectivity index (χ4v) is 3.73. The van der Waals surface area contributed by atoms with E-state index in [4.69, 9.17) is 0 Å². The van der Waals surface area contributed by atoms with Crippen LogP contribution in [0.3, 0.4) is 0 Å². The van der Waals surface area contributed by atoms with E-state index in [0.717, 1.165) is 25.7 Å². The molecule has 1 aromatic heterocycles.